The molecule has 0 saturated carbocycles. The van der Waals surface area contributed by atoms with E-state index in [0.29, 0.717) is 0 Å². The second-order valence-corrected chi connectivity index (χ2v) is 5.42. The zero-order chi connectivity index (χ0) is 13.9. The Labute approximate surface area is 117 Å². The van der Waals surface area contributed by atoms with E-state index in [9.17, 15) is 4.79 Å². The van der Waals surface area contributed by atoms with Gasteiger partial charge < -0.3 is 0 Å². The van der Waals surface area contributed by atoms with Gasteiger partial charge in [0.2, 0.25) is 0 Å². The van der Waals surface area contributed by atoms with Gasteiger partial charge in [0.25, 0.3) is 0 Å². The molecule has 20 heavy (non-hydrogen) atoms. The third-order valence-electron chi connectivity index (χ3n) is 4.40. The number of fused-ring (bicyclic) bond motifs is 4. The van der Waals surface area contributed by atoms with Crippen LogP contribution in [-0.2, 0) is 0 Å². The maximum atomic E-state index is 12.7. The smallest absolute Gasteiger partial charge is 0.194 e. The Kier molecular flexibility index (Phi) is 2.17. The molecule has 0 fully saturated rings. The van der Waals surface area contributed by atoms with Crippen molar-refractivity contribution in [3.8, 4) is 11.1 Å². The van der Waals surface area contributed by atoms with Crippen LogP contribution in [0.4, 0.5) is 0 Å². The standard InChI is InChI=1S/C19H14O/c1-11-13-7-3-4-8-14(13)12(2)18-17(11)15-9-5-6-10-16(15)19(18)20/h3-10H,1-2H3. The van der Waals surface area contributed by atoms with Crippen molar-refractivity contribution >= 4 is 16.6 Å². The van der Waals surface area contributed by atoms with Gasteiger partial charge in [0, 0.05) is 11.1 Å². The topological polar surface area (TPSA) is 17.1 Å². The first-order valence-corrected chi connectivity index (χ1v) is 6.86. The Morgan fingerprint density at radius 2 is 1.15 bits per heavy atom. The van der Waals surface area contributed by atoms with Gasteiger partial charge in [0.05, 0.1) is 0 Å². The molecule has 1 aliphatic rings. The van der Waals surface area contributed by atoms with Crippen molar-refractivity contribution < 1.29 is 4.79 Å². The van der Waals surface area contributed by atoms with Crippen molar-refractivity contribution in [2.24, 2.45) is 0 Å². The highest BCUT2D eigenvalue weighted by Crippen LogP contribution is 2.43. The summed E-state index contributed by atoms with van der Waals surface area (Å²) in [6.45, 7) is 4.18. The van der Waals surface area contributed by atoms with Crippen molar-refractivity contribution in [2.45, 2.75) is 13.8 Å². The average Bonchev–Trinajstić information content (AvgIpc) is 2.79. The van der Waals surface area contributed by atoms with E-state index in [1.807, 2.05) is 24.3 Å². The molecule has 0 aromatic heterocycles. The molecule has 0 radical (unpaired) electrons. The zero-order valence-electron chi connectivity index (χ0n) is 11.5. The van der Waals surface area contributed by atoms with Crippen LogP contribution in [0.25, 0.3) is 21.9 Å². The molecule has 0 bridgehead atoms. The molecular weight excluding hydrogens is 244 g/mol. The van der Waals surface area contributed by atoms with E-state index in [0.717, 1.165) is 27.8 Å². The summed E-state index contributed by atoms with van der Waals surface area (Å²) in [4.78, 5) is 12.7. The fraction of sp³-hybridized carbons (Fsp3) is 0.105. The molecule has 1 aliphatic carbocycles. The third kappa shape index (κ3) is 1.25. The third-order valence-corrected chi connectivity index (χ3v) is 4.40. The summed E-state index contributed by atoms with van der Waals surface area (Å²) in [6, 6.07) is 16.3. The van der Waals surface area contributed by atoms with Crippen LogP contribution in [0.5, 0.6) is 0 Å². The molecule has 4 rings (SSSR count). The van der Waals surface area contributed by atoms with Crippen molar-refractivity contribution in [1.82, 2.24) is 0 Å². The molecule has 3 aromatic carbocycles. The monoisotopic (exact) mass is 258 g/mol. The Balaban J connectivity index is 2.26. The number of benzene rings is 3. The summed E-state index contributed by atoms with van der Waals surface area (Å²) in [7, 11) is 0. The number of hydrogen-bond donors (Lipinski definition) is 0. The highest BCUT2D eigenvalue weighted by molar-refractivity contribution is 6.25. The summed E-state index contributed by atoms with van der Waals surface area (Å²) in [5.74, 6) is 0.168. The summed E-state index contributed by atoms with van der Waals surface area (Å²) in [6.07, 6.45) is 0. The number of hydrogen-bond acceptors (Lipinski definition) is 1. The van der Waals surface area contributed by atoms with Crippen molar-refractivity contribution in [1.29, 1.82) is 0 Å². The number of carbonyl (C=O) groups excluding carboxylic acids is 1. The molecule has 0 unspecified atom stereocenters. The van der Waals surface area contributed by atoms with Gasteiger partial charge in [0.1, 0.15) is 0 Å². The maximum Gasteiger partial charge on any atom is 0.194 e. The Morgan fingerprint density at radius 3 is 1.80 bits per heavy atom. The Morgan fingerprint density at radius 1 is 0.650 bits per heavy atom. The van der Waals surface area contributed by atoms with Crippen LogP contribution >= 0.6 is 0 Å². The van der Waals surface area contributed by atoms with Crippen LogP contribution < -0.4 is 0 Å². The lowest BCUT2D eigenvalue weighted by Crippen LogP contribution is -2.00. The molecule has 0 saturated heterocycles. The summed E-state index contributed by atoms with van der Waals surface area (Å²) in [5, 5.41) is 2.43. The second-order valence-electron chi connectivity index (χ2n) is 5.42. The van der Waals surface area contributed by atoms with E-state index in [1.165, 1.54) is 16.3 Å². The molecule has 0 heterocycles. The minimum absolute atomic E-state index is 0.168. The van der Waals surface area contributed by atoms with Gasteiger partial charge in [-0.2, -0.15) is 0 Å². The van der Waals surface area contributed by atoms with E-state index in [1.54, 1.807) is 0 Å². The molecule has 0 atom stereocenters. The second kappa shape index (κ2) is 3.80. The summed E-state index contributed by atoms with van der Waals surface area (Å²) in [5.41, 5.74) is 6.24. The fourth-order valence-electron chi connectivity index (χ4n) is 3.44. The first kappa shape index (κ1) is 11.4. The fourth-order valence-corrected chi connectivity index (χ4v) is 3.44. The highest BCUT2D eigenvalue weighted by atomic mass is 16.1. The van der Waals surface area contributed by atoms with Crippen molar-refractivity contribution in [3.05, 3.63) is 70.8 Å². The van der Waals surface area contributed by atoms with E-state index in [4.69, 9.17) is 0 Å². The predicted octanol–water partition coefficient (Wildman–Crippen LogP) is 4.67. The minimum Gasteiger partial charge on any atom is -0.289 e. The Bertz CT molecular complexity index is 888. The molecular formula is C19H14O. The van der Waals surface area contributed by atoms with E-state index < -0.39 is 0 Å². The van der Waals surface area contributed by atoms with Gasteiger partial charge in [-0.25, -0.2) is 0 Å². The lowest BCUT2D eigenvalue weighted by Gasteiger charge is -2.13. The Hall–Kier alpha value is -2.41. The molecule has 0 N–H and O–H groups in total. The first-order valence-electron chi connectivity index (χ1n) is 6.86. The molecule has 96 valence electrons. The van der Waals surface area contributed by atoms with Gasteiger partial charge in [-0.3, -0.25) is 4.79 Å². The quantitative estimate of drug-likeness (QED) is 0.448. The summed E-state index contributed by atoms with van der Waals surface area (Å²) >= 11 is 0. The van der Waals surface area contributed by atoms with Crippen LogP contribution in [0.15, 0.2) is 48.5 Å². The van der Waals surface area contributed by atoms with Crippen LogP contribution in [0.1, 0.15) is 27.0 Å². The number of rotatable bonds is 0. The number of ketones is 1. The largest absolute Gasteiger partial charge is 0.289 e. The van der Waals surface area contributed by atoms with Gasteiger partial charge in [-0.15, -0.1) is 0 Å². The zero-order valence-corrected chi connectivity index (χ0v) is 11.5. The molecule has 3 aromatic rings. The van der Waals surface area contributed by atoms with Gasteiger partial charge in [-0.05, 0) is 46.9 Å². The van der Waals surface area contributed by atoms with Crippen LogP contribution in [0, 0.1) is 13.8 Å². The number of aryl methyl sites for hydroxylation is 2. The molecule has 1 nitrogen and oxygen atoms in total. The van der Waals surface area contributed by atoms with Gasteiger partial charge in [-0.1, -0.05) is 48.5 Å². The van der Waals surface area contributed by atoms with Crippen molar-refractivity contribution in [3.63, 3.8) is 0 Å². The molecule has 0 amide bonds. The lowest BCUT2D eigenvalue weighted by molar-refractivity contribution is 0.104. The minimum atomic E-state index is 0.168. The number of carbonyl (C=O) groups is 1. The van der Waals surface area contributed by atoms with Crippen LogP contribution in [0.2, 0.25) is 0 Å². The van der Waals surface area contributed by atoms with E-state index in [2.05, 4.69) is 38.1 Å². The molecule has 0 aliphatic heterocycles. The van der Waals surface area contributed by atoms with Gasteiger partial charge in [0.15, 0.2) is 5.78 Å². The lowest BCUT2D eigenvalue weighted by atomic mass is 9.90. The van der Waals surface area contributed by atoms with Crippen LogP contribution in [0.3, 0.4) is 0 Å². The van der Waals surface area contributed by atoms with E-state index >= 15 is 0 Å². The van der Waals surface area contributed by atoms with Crippen LogP contribution in [-0.4, -0.2) is 5.78 Å². The van der Waals surface area contributed by atoms with Crippen molar-refractivity contribution in [2.75, 3.05) is 0 Å². The SMILES string of the molecule is Cc1c2c(c(C)c3ccccc13)-c1ccccc1C2=O. The maximum absolute atomic E-state index is 12.7. The highest BCUT2D eigenvalue weighted by Gasteiger charge is 2.30. The molecule has 0 spiro atoms. The average molecular weight is 258 g/mol. The first-order chi connectivity index (χ1) is 9.70. The van der Waals surface area contributed by atoms with E-state index in [-0.39, 0.29) is 5.78 Å². The van der Waals surface area contributed by atoms with Gasteiger partial charge >= 0.3 is 0 Å². The summed E-state index contributed by atoms with van der Waals surface area (Å²) < 4.78 is 0. The predicted molar refractivity (Wildman–Crippen MR) is 82.3 cm³/mol. The normalized spacial score (nSPS) is 12.6. The molecule has 1 heteroatoms.